The van der Waals surface area contributed by atoms with E-state index >= 15 is 0 Å². The first kappa shape index (κ1) is 20.1. The molecule has 8 nitrogen and oxygen atoms in total. The standard InChI is InChI=1S/C21H21N3O5S/c1-26-16-10-14(11-17(27-2)19(16)28-3)20-22-23-21(29-20)30-12-18(25)24-9-8-13-6-4-5-7-15(13)24/h4-7,10-11H,8-9,12H2,1-3H3. The number of methoxy groups -OCH3 is 3. The molecule has 1 aromatic heterocycles. The average Bonchev–Trinajstić information content (AvgIpc) is 3.43. The van der Waals surface area contributed by atoms with E-state index in [1.807, 2.05) is 18.2 Å². The molecule has 0 N–H and O–H groups in total. The monoisotopic (exact) mass is 427 g/mol. The summed E-state index contributed by atoms with van der Waals surface area (Å²) in [6.07, 6.45) is 0.873. The van der Waals surface area contributed by atoms with Gasteiger partial charge in [-0.15, -0.1) is 10.2 Å². The molecule has 0 aliphatic carbocycles. The van der Waals surface area contributed by atoms with Crippen LogP contribution in [0, 0.1) is 0 Å². The van der Waals surface area contributed by atoms with E-state index in [1.165, 1.54) is 38.7 Å². The molecular weight excluding hydrogens is 406 g/mol. The van der Waals surface area contributed by atoms with Crippen molar-refractivity contribution in [2.24, 2.45) is 0 Å². The zero-order valence-electron chi connectivity index (χ0n) is 16.9. The second-order valence-electron chi connectivity index (χ2n) is 6.50. The van der Waals surface area contributed by atoms with E-state index in [2.05, 4.69) is 16.3 Å². The smallest absolute Gasteiger partial charge is 0.277 e. The fourth-order valence-corrected chi connectivity index (χ4v) is 4.03. The van der Waals surface area contributed by atoms with Gasteiger partial charge >= 0.3 is 0 Å². The van der Waals surface area contributed by atoms with Crippen LogP contribution in [0.3, 0.4) is 0 Å². The Hall–Kier alpha value is -3.20. The van der Waals surface area contributed by atoms with Crippen LogP contribution in [-0.2, 0) is 11.2 Å². The fourth-order valence-electron chi connectivity index (χ4n) is 3.39. The Morgan fingerprint density at radius 1 is 1.10 bits per heavy atom. The molecule has 0 fully saturated rings. The highest BCUT2D eigenvalue weighted by molar-refractivity contribution is 7.99. The summed E-state index contributed by atoms with van der Waals surface area (Å²) in [5.41, 5.74) is 2.80. The third-order valence-corrected chi connectivity index (χ3v) is 5.63. The number of anilines is 1. The predicted molar refractivity (Wildman–Crippen MR) is 113 cm³/mol. The fraction of sp³-hybridized carbons (Fsp3) is 0.286. The molecule has 0 unspecified atom stereocenters. The number of hydrogen-bond donors (Lipinski definition) is 0. The summed E-state index contributed by atoms with van der Waals surface area (Å²) in [7, 11) is 4.62. The van der Waals surface area contributed by atoms with Crippen molar-refractivity contribution in [3.05, 3.63) is 42.0 Å². The second-order valence-corrected chi connectivity index (χ2v) is 7.43. The summed E-state index contributed by atoms with van der Waals surface area (Å²) in [5.74, 6) is 1.98. The van der Waals surface area contributed by atoms with Crippen LogP contribution >= 0.6 is 11.8 Å². The first-order valence-electron chi connectivity index (χ1n) is 9.29. The molecule has 0 bridgehead atoms. The van der Waals surface area contributed by atoms with Crippen LogP contribution in [0.2, 0.25) is 0 Å². The number of ether oxygens (including phenoxy) is 3. The number of aromatic nitrogens is 2. The minimum absolute atomic E-state index is 0.0116. The minimum Gasteiger partial charge on any atom is -0.493 e. The Kier molecular flexibility index (Phi) is 5.80. The molecule has 3 aromatic rings. The zero-order valence-corrected chi connectivity index (χ0v) is 17.7. The summed E-state index contributed by atoms with van der Waals surface area (Å²) >= 11 is 1.21. The van der Waals surface area contributed by atoms with Crippen LogP contribution in [-0.4, -0.2) is 49.7 Å². The lowest BCUT2D eigenvalue weighted by Crippen LogP contribution is -2.30. The van der Waals surface area contributed by atoms with Crippen LogP contribution in [0.5, 0.6) is 17.2 Å². The predicted octanol–water partition coefficient (Wildman–Crippen LogP) is 3.44. The van der Waals surface area contributed by atoms with Crippen molar-refractivity contribution >= 4 is 23.4 Å². The van der Waals surface area contributed by atoms with Gasteiger partial charge in [0.2, 0.25) is 17.5 Å². The first-order valence-corrected chi connectivity index (χ1v) is 10.3. The van der Waals surface area contributed by atoms with Crippen LogP contribution in [0.1, 0.15) is 5.56 Å². The van der Waals surface area contributed by atoms with Crippen LogP contribution in [0.15, 0.2) is 46.0 Å². The third-order valence-electron chi connectivity index (χ3n) is 4.83. The summed E-state index contributed by atoms with van der Waals surface area (Å²) < 4.78 is 21.8. The molecule has 30 heavy (non-hydrogen) atoms. The molecule has 1 amide bonds. The molecule has 2 heterocycles. The number of amides is 1. The van der Waals surface area contributed by atoms with Crippen LogP contribution in [0.4, 0.5) is 5.69 Å². The molecular formula is C21H21N3O5S. The Morgan fingerprint density at radius 3 is 2.53 bits per heavy atom. The van der Waals surface area contributed by atoms with Crippen molar-refractivity contribution < 1.29 is 23.4 Å². The summed E-state index contributed by atoms with van der Waals surface area (Å²) in [6.45, 7) is 0.694. The van der Waals surface area contributed by atoms with E-state index in [1.54, 1.807) is 17.0 Å². The molecule has 0 radical (unpaired) electrons. The number of hydrogen-bond acceptors (Lipinski definition) is 8. The van der Waals surface area contributed by atoms with Gasteiger partial charge < -0.3 is 23.5 Å². The topological polar surface area (TPSA) is 86.9 Å². The van der Waals surface area contributed by atoms with Gasteiger partial charge in [-0.2, -0.15) is 0 Å². The second kappa shape index (κ2) is 8.66. The molecule has 1 aliphatic heterocycles. The van der Waals surface area contributed by atoms with Crippen LogP contribution in [0.25, 0.3) is 11.5 Å². The van der Waals surface area contributed by atoms with E-state index in [0.29, 0.717) is 40.5 Å². The molecule has 1 aliphatic rings. The molecule has 2 aromatic carbocycles. The summed E-state index contributed by atoms with van der Waals surface area (Å²) in [6, 6.07) is 11.4. The molecule has 0 saturated carbocycles. The lowest BCUT2D eigenvalue weighted by Gasteiger charge is -2.16. The van der Waals surface area contributed by atoms with Crippen molar-refractivity contribution in [3.63, 3.8) is 0 Å². The lowest BCUT2D eigenvalue weighted by molar-refractivity contribution is -0.116. The molecule has 0 spiro atoms. The molecule has 0 saturated heterocycles. The normalized spacial score (nSPS) is 12.6. The molecule has 156 valence electrons. The van der Waals surface area contributed by atoms with E-state index in [0.717, 1.165) is 12.1 Å². The number of benzene rings is 2. The number of nitrogens with zero attached hydrogens (tertiary/aromatic N) is 3. The van der Waals surface area contributed by atoms with Gasteiger partial charge in [0.15, 0.2) is 11.5 Å². The van der Waals surface area contributed by atoms with Gasteiger partial charge in [-0.3, -0.25) is 4.79 Å². The Bertz CT molecular complexity index is 1040. The Morgan fingerprint density at radius 2 is 1.83 bits per heavy atom. The van der Waals surface area contributed by atoms with Crippen LogP contribution < -0.4 is 19.1 Å². The molecule has 9 heteroatoms. The minimum atomic E-state index is 0.0116. The highest BCUT2D eigenvalue weighted by Gasteiger charge is 2.25. The van der Waals surface area contributed by atoms with Crippen molar-refractivity contribution in [2.45, 2.75) is 11.6 Å². The van der Waals surface area contributed by atoms with Gasteiger partial charge in [-0.1, -0.05) is 30.0 Å². The number of thioether (sulfide) groups is 1. The quantitative estimate of drug-likeness (QED) is 0.530. The third kappa shape index (κ3) is 3.80. The van der Waals surface area contributed by atoms with Crippen molar-refractivity contribution in [1.82, 2.24) is 10.2 Å². The van der Waals surface area contributed by atoms with Gasteiger partial charge in [0.25, 0.3) is 5.22 Å². The van der Waals surface area contributed by atoms with Gasteiger partial charge in [0.1, 0.15) is 0 Å². The first-order chi connectivity index (χ1) is 14.6. The van der Waals surface area contributed by atoms with E-state index in [-0.39, 0.29) is 11.7 Å². The number of para-hydroxylation sites is 1. The maximum absolute atomic E-state index is 12.7. The Balaban J connectivity index is 1.47. The van der Waals surface area contributed by atoms with E-state index < -0.39 is 0 Å². The highest BCUT2D eigenvalue weighted by atomic mass is 32.2. The van der Waals surface area contributed by atoms with Crippen molar-refractivity contribution in [2.75, 3.05) is 38.5 Å². The Labute approximate surface area is 178 Å². The van der Waals surface area contributed by atoms with Gasteiger partial charge in [-0.05, 0) is 30.2 Å². The number of rotatable bonds is 7. The lowest BCUT2D eigenvalue weighted by atomic mass is 10.2. The maximum Gasteiger partial charge on any atom is 0.277 e. The summed E-state index contributed by atoms with van der Waals surface area (Å²) in [5, 5.41) is 8.46. The molecule has 4 rings (SSSR count). The van der Waals surface area contributed by atoms with Gasteiger partial charge in [0.05, 0.1) is 27.1 Å². The highest BCUT2D eigenvalue weighted by Crippen LogP contribution is 2.41. The largest absolute Gasteiger partial charge is 0.493 e. The molecule has 0 atom stereocenters. The number of carbonyl (C=O) groups excluding carboxylic acids is 1. The van der Waals surface area contributed by atoms with Crippen molar-refractivity contribution in [3.8, 4) is 28.7 Å². The maximum atomic E-state index is 12.7. The zero-order chi connectivity index (χ0) is 21.1. The SMILES string of the molecule is COc1cc(-c2nnc(SCC(=O)N3CCc4ccccc43)o2)cc(OC)c1OC. The summed E-state index contributed by atoms with van der Waals surface area (Å²) in [4.78, 5) is 14.5. The average molecular weight is 427 g/mol. The number of fused-ring (bicyclic) bond motifs is 1. The van der Waals surface area contributed by atoms with E-state index in [4.69, 9.17) is 18.6 Å². The number of carbonyl (C=O) groups is 1. The van der Waals surface area contributed by atoms with Gasteiger partial charge in [0, 0.05) is 17.8 Å². The van der Waals surface area contributed by atoms with Gasteiger partial charge in [-0.25, -0.2) is 0 Å². The van der Waals surface area contributed by atoms with Crippen molar-refractivity contribution in [1.29, 1.82) is 0 Å². The van der Waals surface area contributed by atoms with E-state index in [9.17, 15) is 4.79 Å².